The molecule has 2 nitrogen and oxygen atoms in total. The summed E-state index contributed by atoms with van der Waals surface area (Å²) in [5, 5.41) is 10.2. The molecular formula is C8H15IN2. The van der Waals surface area contributed by atoms with E-state index in [1.165, 1.54) is 6.21 Å². The lowest BCUT2D eigenvalue weighted by Gasteiger charge is -2.11. The van der Waals surface area contributed by atoms with Crippen LogP contribution in [0.4, 0.5) is 0 Å². The molecule has 0 amide bonds. The summed E-state index contributed by atoms with van der Waals surface area (Å²) >= 11 is 2.13. The molecule has 0 aromatic rings. The average Bonchev–Trinajstić information content (AvgIpc) is 2.06. The highest BCUT2D eigenvalue weighted by Crippen LogP contribution is 2.01. The maximum absolute atomic E-state index is 6.93. The van der Waals surface area contributed by atoms with Gasteiger partial charge in [-0.05, 0) is 35.4 Å². The molecule has 0 bridgehead atoms. The Kier molecular flexibility index (Phi) is 6.60. The van der Waals surface area contributed by atoms with Gasteiger partial charge in [0.15, 0.2) is 0 Å². The SMILES string of the molecule is CCC(CC)N/C=C(/I)C=N. The van der Waals surface area contributed by atoms with Gasteiger partial charge in [-0.3, -0.25) is 0 Å². The highest BCUT2D eigenvalue weighted by Gasteiger charge is 1.97. The second kappa shape index (κ2) is 6.64. The summed E-state index contributed by atoms with van der Waals surface area (Å²) in [4.78, 5) is 0. The monoisotopic (exact) mass is 266 g/mol. The van der Waals surface area contributed by atoms with Crippen molar-refractivity contribution in [2.24, 2.45) is 0 Å². The molecule has 0 heterocycles. The van der Waals surface area contributed by atoms with Crippen molar-refractivity contribution in [1.82, 2.24) is 5.32 Å². The van der Waals surface area contributed by atoms with Gasteiger partial charge in [0, 0.05) is 22.0 Å². The molecule has 0 radical (unpaired) electrons. The highest BCUT2D eigenvalue weighted by molar-refractivity contribution is 14.1. The van der Waals surface area contributed by atoms with Crippen LogP contribution in [0.3, 0.4) is 0 Å². The Hall–Kier alpha value is -0.0600. The van der Waals surface area contributed by atoms with Crippen LogP contribution < -0.4 is 5.32 Å². The summed E-state index contributed by atoms with van der Waals surface area (Å²) in [6.45, 7) is 4.32. The van der Waals surface area contributed by atoms with Gasteiger partial charge in [0.2, 0.25) is 0 Å². The molecule has 0 rings (SSSR count). The molecular weight excluding hydrogens is 251 g/mol. The van der Waals surface area contributed by atoms with Gasteiger partial charge in [-0.15, -0.1) is 0 Å². The first-order valence-corrected chi connectivity index (χ1v) is 4.94. The number of rotatable bonds is 5. The van der Waals surface area contributed by atoms with Crippen molar-refractivity contribution < 1.29 is 0 Å². The van der Waals surface area contributed by atoms with Gasteiger partial charge in [-0.1, -0.05) is 13.8 Å². The van der Waals surface area contributed by atoms with Gasteiger partial charge in [0.1, 0.15) is 0 Å². The lowest BCUT2D eigenvalue weighted by molar-refractivity contribution is 0.551. The zero-order valence-corrected chi connectivity index (χ0v) is 9.18. The van der Waals surface area contributed by atoms with E-state index in [1.807, 2.05) is 6.20 Å². The van der Waals surface area contributed by atoms with Gasteiger partial charge in [-0.25, -0.2) is 0 Å². The number of halogens is 1. The van der Waals surface area contributed by atoms with Crippen molar-refractivity contribution in [2.45, 2.75) is 32.7 Å². The van der Waals surface area contributed by atoms with Crippen molar-refractivity contribution in [1.29, 1.82) is 5.41 Å². The van der Waals surface area contributed by atoms with Crippen molar-refractivity contribution in [3.63, 3.8) is 0 Å². The van der Waals surface area contributed by atoms with Crippen molar-refractivity contribution >= 4 is 28.8 Å². The van der Waals surface area contributed by atoms with Gasteiger partial charge in [0.25, 0.3) is 0 Å². The van der Waals surface area contributed by atoms with Gasteiger partial charge >= 0.3 is 0 Å². The maximum Gasteiger partial charge on any atom is 0.0462 e. The first-order chi connectivity index (χ1) is 5.24. The molecule has 64 valence electrons. The summed E-state index contributed by atoms with van der Waals surface area (Å²) in [6.07, 6.45) is 5.50. The average molecular weight is 266 g/mol. The predicted molar refractivity (Wildman–Crippen MR) is 58.4 cm³/mol. The third kappa shape index (κ3) is 5.24. The summed E-state index contributed by atoms with van der Waals surface area (Å²) in [7, 11) is 0. The van der Waals surface area contributed by atoms with Gasteiger partial charge in [-0.2, -0.15) is 0 Å². The Bertz CT molecular complexity index is 139. The van der Waals surface area contributed by atoms with Gasteiger partial charge in [0.05, 0.1) is 0 Å². The first kappa shape index (κ1) is 10.9. The van der Waals surface area contributed by atoms with E-state index in [-0.39, 0.29) is 0 Å². The molecule has 0 fully saturated rings. The molecule has 0 saturated heterocycles. The van der Waals surface area contributed by atoms with Crippen LogP contribution in [0.15, 0.2) is 9.78 Å². The topological polar surface area (TPSA) is 35.9 Å². The van der Waals surface area contributed by atoms with Crippen LogP contribution in [-0.4, -0.2) is 12.3 Å². The van der Waals surface area contributed by atoms with E-state index in [0.717, 1.165) is 16.4 Å². The van der Waals surface area contributed by atoms with E-state index in [2.05, 4.69) is 41.8 Å². The fraction of sp³-hybridized carbons (Fsp3) is 0.625. The minimum atomic E-state index is 0.555. The molecule has 0 spiro atoms. The van der Waals surface area contributed by atoms with E-state index in [4.69, 9.17) is 5.41 Å². The fourth-order valence-corrected chi connectivity index (χ4v) is 0.943. The second-order valence-corrected chi connectivity index (χ2v) is 3.60. The molecule has 0 saturated carbocycles. The summed E-state index contributed by atoms with van der Waals surface area (Å²) in [6, 6.07) is 0.555. The summed E-state index contributed by atoms with van der Waals surface area (Å²) < 4.78 is 0.939. The van der Waals surface area contributed by atoms with Gasteiger partial charge < -0.3 is 10.7 Å². The van der Waals surface area contributed by atoms with Crippen LogP contribution >= 0.6 is 22.6 Å². The zero-order chi connectivity index (χ0) is 8.69. The van der Waals surface area contributed by atoms with Crippen LogP contribution in [0, 0.1) is 5.41 Å². The number of hydrogen-bond donors (Lipinski definition) is 2. The van der Waals surface area contributed by atoms with E-state index in [0.29, 0.717) is 6.04 Å². The van der Waals surface area contributed by atoms with Crippen molar-refractivity contribution in [3.05, 3.63) is 9.78 Å². The second-order valence-electron chi connectivity index (χ2n) is 2.35. The fourth-order valence-electron chi connectivity index (χ4n) is 0.764. The standard InChI is InChI=1S/C8H15IN2/c1-3-8(4-2)11-6-7(9)5-10/h5-6,8,10-11H,3-4H2,1-2H3/b7-6+,10-5?. The van der Waals surface area contributed by atoms with E-state index >= 15 is 0 Å². The normalized spacial score (nSPS) is 11.8. The van der Waals surface area contributed by atoms with E-state index < -0.39 is 0 Å². The molecule has 0 aliphatic carbocycles. The molecule has 0 aromatic carbocycles. The molecule has 0 aliphatic rings. The summed E-state index contributed by atoms with van der Waals surface area (Å²) in [5.41, 5.74) is 0. The Morgan fingerprint density at radius 3 is 2.45 bits per heavy atom. The number of allylic oxidation sites excluding steroid dienone is 1. The number of hydrogen-bond acceptors (Lipinski definition) is 2. The number of nitrogens with one attached hydrogen (secondary N) is 2. The third-order valence-corrected chi connectivity index (χ3v) is 2.20. The van der Waals surface area contributed by atoms with Crippen molar-refractivity contribution in [3.8, 4) is 0 Å². The Balaban J connectivity index is 3.73. The smallest absolute Gasteiger partial charge is 0.0462 e. The lowest BCUT2D eigenvalue weighted by Crippen LogP contribution is -2.22. The quantitative estimate of drug-likeness (QED) is 0.582. The zero-order valence-electron chi connectivity index (χ0n) is 7.02. The lowest BCUT2D eigenvalue weighted by atomic mass is 10.2. The van der Waals surface area contributed by atoms with Crippen LogP contribution in [0.2, 0.25) is 0 Å². The van der Waals surface area contributed by atoms with Crippen LogP contribution in [0.5, 0.6) is 0 Å². The summed E-state index contributed by atoms with van der Waals surface area (Å²) in [5.74, 6) is 0. The third-order valence-electron chi connectivity index (χ3n) is 1.58. The maximum atomic E-state index is 6.93. The van der Waals surface area contributed by atoms with Crippen molar-refractivity contribution in [2.75, 3.05) is 0 Å². The molecule has 0 aromatic heterocycles. The highest BCUT2D eigenvalue weighted by atomic mass is 127. The molecule has 0 unspecified atom stereocenters. The van der Waals surface area contributed by atoms with E-state index in [1.54, 1.807) is 0 Å². The molecule has 2 N–H and O–H groups in total. The van der Waals surface area contributed by atoms with E-state index in [9.17, 15) is 0 Å². The largest absolute Gasteiger partial charge is 0.387 e. The minimum absolute atomic E-state index is 0.555. The first-order valence-electron chi connectivity index (χ1n) is 3.86. The minimum Gasteiger partial charge on any atom is -0.387 e. The Morgan fingerprint density at radius 2 is 2.09 bits per heavy atom. The molecule has 11 heavy (non-hydrogen) atoms. The Morgan fingerprint density at radius 1 is 1.55 bits per heavy atom. The van der Waals surface area contributed by atoms with Crippen LogP contribution in [0.25, 0.3) is 0 Å². The predicted octanol–water partition coefficient (Wildman–Crippen LogP) is 2.69. The molecule has 0 atom stereocenters. The van der Waals surface area contributed by atoms with Crippen LogP contribution in [0.1, 0.15) is 26.7 Å². The Labute approximate surface area is 82.1 Å². The molecule has 3 heteroatoms. The van der Waals surface area contributed by atoms with Crippen LogP contribution in [-0.2, 0) is 0 Å². The molecule has 0 aliphatic heterocycles.